The highest BCUT2D eigenvalue weighted by Gasteiger charge is 2.33. The maximum atomic E-state index is 13.8. The van der Waals surface area contributed by atoms with Crippen molar-refractivity contribution < 1.29 is 18.7 Å². The number of esters is 1. The van der Waals surface area contributed by atoms with E-state index < -0.39 is 17.8 Å². The molecule has 4 rings (SSSR count). The molecule has 8 heteroatoms. The van der Waals surface area contributed by atoms with E-state index in [0.29, 0.717) is 20.6 Å². The zero-order valence-electron chi connectivity index (χ0n) is 21.2. The molecule has 1 aliphatic heterocycles. The van der Waals surface area contributed by atoms with Gasteiger partial charge >= 0.3 is 5.97 Å². The van der Waals surface area contributed by atoms with Gasteiger partial charge in [-0.25, -0.2) is 14.2 Å². The summed E-state index contributed by atoms with van der Waals surface area (Å²) in [5, 5.41) is 0. The Morgan fingerprint density at radius 3 is 2.53 bits per heavy atom. The minimum absolute atomic E-state index is 0.186. The number of fused-ring (bicyclic) bond motifs is 1. The summed E-state index contributed by atoms with van der Waals surface area (Å²) in [4.78, 5) is 31.8. The molecule has 36 heavy (non-hydrogen) atoms. The van der Waals surface area contributed by atoms with Crippen molar-refractivity contribution in [1.29, 1.82) is 0 Å². The fourth-order valence-corrected chi connectivity index (χ4v) is 5.43. The lowest BCUT2D eigenvalue weighted by molar-refractivity contribution is -0.139. The molecular weight excluding hydrogens is 479 g/mol. The second-order valence-corrected chi connectivity index (χ2v) is 9.97. The molecule has 1 atom stereocenters. The fourth-order valence-electron chi connectivity index (χ4n) is 4.39. The lowest BCUT2D eigenvalue weighted by atomic mass is 9.95. The van der Waals surface area contributed by atoms with Crippen molar-refractivity contribution in [3.8, 4) is 5.75 Å². The molecule has 2 aromatic carbocycles. The van der Waals surface area contributed by atoms with E-state index in [1.807, 2.05) is 25.1 Å². The van der Waals surface area contributed by atoms with Gasteiger partial charge in [-0.3, -0.25) is 9.36 Å². The summed E-state index contributed by atoms with van der Waals surface area (Å²) in [6.45, 7) is 9.78. The van der Waals surface area contributed by atoms with E-state index in [2.05, 4.69) is 18.8 Å². The molecule has 1 aromatic heterocycles. The molecule has 0 spiro atoms. The minimum Gasteiger partial charge on any atom is -0.496 e. The highest BCUT2D eigenvalue weighted by Crippen LogP contribution is 2.32. The Labute approximate surface area is 213 Å². The molecule has 2 heterocycles. The zero-order chi connectivity index (χ0) is 26.1. The van der Waals surface area contributed by atoms with Crippen molar-refractivity contribution in [2.24, 2.45) is 4.99 Å². The van der Waals surface area contributed by atoms with Crippen molar-refractivity contribution >= 4 is 23.4 Å². The quantitative estimate of drug-likeness (QED) is 0.464. The van der Waals surface area contributed by atoms with Gasteiger partial charge in [0.25, 0.3) is 5.56 Å². The van der Waals surface area contributed by atoms with Crippen LogP contribution in [0.1, 0.15) is 61.9 Å². The van der Waals surface area contributed by atoms with Crippen LogP contribution in [0.2, 0.25) is 0 Å². The monoisotopic (exact) mass is 508 g/mol. The molecule has 1 aliphatic rings. The normalized spacial score (nSPS) is 15.7. The predicted molar refractivity (Wildman–Crippen MR) is 139 cm³/mol. The van der Waals surface area contributed by atoms with Crippen LogP contribution in [0.4, 0.5) is 4.39 Å². The summed E-state index contributed by atoms with van der Waals surface area (Å²) in [5.41, 5.74) is 3.99. The van der Waals surface area contributed by atoms with Gasteiger partial charge in [0, 0.05) is 0 Å². The van der Waals surface area contributed by atoms with Gasteiger partial charge in [-0.05, 0) is 79.3 Å². The second kappa shape index (κ2) is 10.2. The first-order valence-corrected chi connectivity index (χ1v) is 12.6. The predicted octanol–water partition coefficient (Wildman–Crippen LogP) is 4.38. The number of benzene rings is 2. The molecule has 0 fully saturated rings. The van der Waals surface area contributed by atoms with E-state index in [1.54, 1.807) is 33.1 Å². The zero-order valence-corrected chi connectivity index (χ0v) is 22.0. The first kappa shape index (κ1) is 25.6. The third-order valence-electron chi connectivity index (χ3n) is 6.23. The number of hydrogen-bond acceptors (Lipinski definition) is 6. The van der Waals surface area contributed by atoms with Gasteiger partial charge in [0.15, 0.2) is 4.80 Å². The third-order valence-corrected chi connectivity index (χ3v) is 7.21. The number of hydrogen-bond donors (Lipinski definition) is 0. The van der Waals surface area contributed by atoms with E-state index in [0.717, 1.165) is 22.4 Å². The highest BCUT2D eigenvalue weighted by molar-refractivity contribution is 7.07. The van der Waals surface area contributed by atoms with Gasteiger partial charge in [0.2, 0.25) is 0 Å². The third kappa shape index (κ3) is 4.65. The standard InChI is InChI=1S/C28H29FN2O4S/c1-7-35-27(33)24-17(5)30-28-31(25(24)18-8-10-20(29)11-9-18)26(32)23(36-28)14-19-13-21(15(2)3)22(34-6)12-16(19)4/h8-15,25H,7H2,1-6H3/b23-14+/t25-/m0/s1. The van der Waals surface area contributed by atoms with Crippen molar-refractivity contribution in [3.05, 3.63) is 95.4 Å². The van der Waals surface area contributed by atoms with Gasteiger partial charge in [-0.1, -0.05) is 37.3 Å². The minimum atomic E-state index is -0.772. The molecule has 0 N–H and O–H groups in total. The number of thiazole rings is 1. The van der Waals surface area contributed by atoms with Crippen LogP contribution in [-0.4, -0.2) is 24.3 Å². The highest BCUT2D eigenvalue weighted by atomic mass is 32.1. The Morgan fingerprint density at radius 2 is 1.92 bits per heavy atom. The Bertz CT molecular complexity index is 1530. The van der Waals surface area contributed by atoms with Crippen LogP contribution < -0.4 is 19.6 Å². The van der Waals surface area contributed by atoms with Crippen molar-refractivity contribution in [3.63, 3.8) is 0 Å². The van der Waals surface area contributed by atoms with Crippen LogP contribution in [-0.2, 0) is 9.53 Å². The molecule has 3 aromatic rings. The summed E-state index contributed by atoms with van der Waals surface area (Å²) >= 11 is 1.26. The van der Waals surface area contributed by atoms with Crippen molar-refractivity contribution in [1.82, 2.24) is 4.57 Å². The number of aryl methyl sites for hydroxylation is 1. The molecule has 0 bridgehead atoms. The van der Waals surface area contributed by atoms with E-state index >= 15 is 0 Å². The van der Waals surface area contributed by atoms with Gasteiger partial charge in [0.05, 0.1) is 35.6 Å². The first-order valence-electron chi connectivity index (χ1n) is 11.8. The van der Waals surface area contributed by atoms with Crippen molar-refractivity contribution in [2.75, 3.05) is 13.7 Å². The molecule has 6 nitrogen and oxygen atoms in total. The number of methoxy groups -OCH3 is 1. The number of ether oxygens (including phenoxy) is 2. The van der Waals surface area contributed by atoms with Crippen molar-refractivity contribution in [2.45, 2.75) is 46.6 Å². The van der Waals surface area contributed by atoms with Crippen LogP contribution in [0.5, 0.6) is 5.75 Å². The number of carbonyl (C=O) groups excluding carboxylic acids is 1. The average molecular weight is 509 g/mol. The van der Waals surface area contributed by atoms with Gasteiger partial charge in [-0.2, -0.15) is 0 Å². The second-order valence-electron chi connectivity index (χ2n) is 8.96. The Kier molecular flexibility index (Phi) is 7.26. The summed E-state index contributed by atoms with van der Waals surface area (Å²) in [6, 6.07) is 9.04. The van der Waals surface area contributed by atoms with E-state index in [9.17, 15) is 14.0 Å². The molecular formula is C28H29FN2O4S. The Balaban J connectivity index is 1.96. The lowest BCUT2D eigenvalue weighted by Gasteiger charge is -2.24. The van der Waals surface area contributed by atoms with E-state index in [1.165, 1.54) is 28.0 Å². The van der Waals surface area contributed by atoms with Crippen LogP contribution in [0.25, 0.3) is 6.08 Å². The van der Waals surface area contributed by atoms with Crippen LogP contribution in [0, 0.1) is 12.7 Å². The van der Waals surface area contributed by atoms with Gasteiger partial charge < -0.3 is 9.47 Å². The number of nitrogens with zero attached hydrogens (tertiary/aromatic N) is 2. The maximum absolute atomic E-state index is 13.8. The fraction of sp³-hybridized carbons (Fsp3) is 0.321. The number of rotatable bonds is 6. The van der Waals surface area contributed by atoms with Gasteiger partial charge in [0.1, 0.15) is 11.6 Å². The van der Waals surface area contributed by atoms with Gasteiger partial charge in [-0.15, -0.1) is 0 Å². The maximum Gasteiger partial charge on any atom is 0.338 e. The topological polar surface area (TPSA) is 69.9 Å². The van der Waals surface area contributed by atoms with E-state index in [-0.39, 0.29) is 23.7 Å². The van der Waals surface area contributed by atoms with E-state index in [4.69, 9.17) is 9.47 Å². The molecule has 0 amide bonds. The Hall–Kier alpha value is -3.52. The number of halogens is 1. The molecule has 0 saturated heterocycles. The number of aromatic nitrogens is 1. The summed E-state index contributed by atoms with van der Waals surface area (Å²) < 4.78 is 26.5. The first-order chi connectivity index (χ1) is 17.2. The number of allylic oxidation sites excluding steroid dienone is 1. The molecule has 0 unspecified atom stereocenters. The summed E-state index contributed by atoms with van der Waals surface area (Å²) in [6.07, 6.45) is 1.86. The van der Waals surface area contributed by atoms with Crippen LogP contribution in [0.3, 0.4) is 0 Å². The van der Waals surface area contributed by atoms with Crippen LogP contribution in [0.15, 0.2) is 57.5 Å². The Morgan fingerprint density at radius 1 is 1.22 bits per heavy atom. The molecule has 188 valence electrons. The SMILES string of the molecule is CCOC(=O)C1=C(C)N=c2s/c(=C/c3cc(C(C)C)c(OC)cc3C)c(=O)n2[C@H]1c1ccc(F)cc1. The van der Waals surface area contributed by atoms with Crippen LogP contribution >= 0.6 is 11.3 Å². The molecule has 0 aliphatic carbocycles. The largest absolute Gasteiger partial charge is 0.496 e. The number of carbonyl (C=O) groups is 1. The molecule has 0 saturated carbocycles. The average Bonchev–Trinajstić information content (AvgIpc) is 3.14. The lowest BCUT2D eigenvalue weighted by Crippen LogP contribution is -2.40. The summed E-state index contributed by atoms with van der Waals surface area (Å²) in [7, 11) is 1.65. The smallest absolute Gasteiger partial charge is 0.338 e. The summed E-state index contributed by atoms with van der Waals surface area (Å²) in [5.74, 6) is 0.102. The molecule has 0 radical (unpaired) electrons.